The molecule has 0 atom stereocenters. The van der Waals surface area contributed by atoms with E-state index in [0.29, 0.717) is 5.13 Å². The fraction of sp³-hybridized carbons (Fsp3) is 0.222. The number of rotatable bonds is 3. The third-order valence-electron chi connectivity index (χ3n) is 4.10. The monoisotopic (exact) mass is 355 g/mol. The maximum absolute atomic E-state index is 12.7. The molecule has 2 aromatic heterocycles. The molecule has 1 N–H and O–H groups in total. The van der Waals surface area contributed by atoms with E-state index < -0.39 is 0 Å². The summed E-state index contributed by atoms with van der Waals surface area (Å²) in [5.74, 6) is -0.0803. The standard InChI is InChI=1S/C18H17N3OS2/c1-21-9-7-14-15(11-21)24-18(19-14)20-17(22)16-13(8-10-23-16)12-5-3-2-4-6-12/h2-6,8,10H,7,9,11H2,1H3,(H,19,20,22). The second-order valence-electron chi connectivity index (χ2n) is 5.86. The molecule has 0 saturated carbocycles. The molecule has 0 fully saturated rings. The summed E-state index contributed by atoms with van der Waals surface area (Å²) >= 11 is 3.05. The van der Waals surface area contributed by atoms with Crippen molar-refractivity contribution in [2.75, 3.05) is 18.9 Å². The van der Waals surface area contributed by atoms with Gasteiger partial charge in [-0.2, -0.15) is 0 Å². The molecule has 0 saturated heterocycles. The number of aromatic nitrogens is 1. The van der Waals surface area contributed by atoms with Crippen LogP contribution in [0.5, 0.6) is 0 Å². The molecule has 0 unspecified atom stereocenters. The molecule has 122 valence electrons. The molecule has 24 heavy (non-hydrogen) atoms. The minimum atomic E-state index is -0.0803. The van der Waals surface area contributed by atoms with Gasteiger partial charge in [0.2, 0.25) is 0 Å². The zero-order chi connectivity index (χ0) is 16.5. The molecule has 0 radical (unpaired) electrons. The number of amides is 1. The Morgan fingerprint density at radius 3 is 2.92 bits per heavy atom. The van der Waals surface area contributed by atoms with Gasteiger partial charge in [0.15, 0.2) is 5.13 Å². The molecule has 1 aromatic carbocycles. The average Bonchev–Trinajstić information content (AvgIpc) is 3.21. The number of nitrogens with zero attached hydrogens (tertiary/aromatic N) is 2. The molecule has 0 bridgehead atoms. The van der Waals surface area contributed by atoms with Crippen LogP contribution in [-0.4, -0.2) is 29.4 Å². The van der Waals surface area contributed by atoms with Crippen LogP contribution in [0.4, 0.5) is 5.13 Å². The number of hydrogen-bond acceptors (Lipinski definition) is 5. The SMILES string of the molecule is CN1CCc2nc(NC(=O)c3sccc3-c3ccccc3)sc2C1. The summed E-state index contributed by atoms with van der Waals surface area (Å²) in [6, 6.07) is 12.0. The number of anilines is 1. The fourth-order valence-corrected chi connectivity index (χ4v) is 4.76. The lowest BCUT2D eigenvalue weighted by atomic mass is 10.1. The van der Waals surface area contributed by atoms with Crippen molar-refractivity contribution in [3.8, 4) is 11.1 Å². The highest BCUT2D eigenvalue weighted by Gasteiger charge is 2.21. The molecular weight excluding hydrogens is 338 g/mol. The summed E-state index contributed by atoms with van der Waals surface area (Å²) < 4.78 is 0. The lowest BCUT2D eigenvalue weighted by Crippen LogP contribution is -2.25. The number of thiophene rings is 1. The Balaban J connectivity index is 1.57. The molecule has 0 aliphatic carbocycles. The lowest BCUT2D eigenvalue weighted by molar-refractivity contribution is 0.103. The van der Waals surface area contributed by atoms with E-state index in [1.54, 1.807) is 11.3 Å². The molecule has 6 heteroatoms. The summed E-state index contributed by atoms with van der Waals surface area (Å²) in [4.78, 5) is 21.6. The Morgan fingerprint density at radius 1 is 1.25 bits per heavy atom. The third kappa shape index (κ3) is 3.00. The number of fused-ring (bicyclic) bond motifs is 1. The highest BCUT2D eigenvalue weighted by molar-refractivity contribution is 7.16. The summed E-state index contributed by atoms with van der Waals surface area (Å²) in [6.07, 6.45) is 0.951. The van der Waals surface area contributed by atoms with Crippen LogP contribution < -0.4 is 5.32 Å². The van der Waals surface area contributed by atoms with Gasteiger partial charge in [-0.15, -0.1) is 22.7 Å². The van der Waals surface area contributed by atoms with E-state index in [1.807, 2.05) is 41.8 Å². The van der Waals surface area contributed by atoms with Crippen molar-refractivity contribution in [1.82, 2.24) is 9.88 Å². The van der Waals surface area contributed by atoms with Crippen LogP contribution in [0.25, 0.3) is 11.1 Å². The first-order chi connectivity index (χ1) is 11.7. The van der Waals surface area contributed by atoms with Gasteiger partial charge in [0.05, 0.1) is 5.69 Å². The maximum atomic E-state index is 12.7. The van der Waals surface area contributed by atoms with Crippen molar-refractivity contribution < 1.29 is 4.79 Å². The predicted octanol–water partition coefficient (Wildman–Crippen LogP) is 4.11. The quantitative estimate of drug-likeness (QED) is 0.769. The first-order valence-electron chi connectivity index (χ1n) is 7.82. The minimum Gasteiger partial charge on any atom is -0.301 e. The average molecular weight is 355 g/mol. The first kappa shape index (κ1) is 15.5. The number of hydrogen-bond donors (Lipinski definition) is 1. The van der Waals surface area contributed by atoms with Crippen molar-refractivity contribution in [1.29, 1.82) is 0 Å². The van der Waals surface area contributed by atoms with Gasteiger partial charge >= 0.3 is 0 Å². The van der Waals surface area contributed by atoms with Crippen molar-refractivity contribution in [2.45, 2.75) is 13.0 Å². The first-order valence-corrected chi connectivity index (χ1v) is 9.52. The number of thiazole rings is 1. The Bertz CT molecular complexity index is 870. The van der Waals surface area contributed by atoms with Crippen LogP contribution >= 0.6 is 22.7 Å². The number of benzene rings is 1. The minimum absolute atomic E-state index is 0.0803. The van der Waals surface area contributed by atoms with E-state index in [-0.39, 0.29) is 5.91 Å². The molecule has 1 aliphatic heterocycles. The van der Waals surface area contributed by atoms with Gasteiger partial charge in [0.25, 0.3) is 5.91 Å². The van der Waals surface area contributed by atoms with Crippen LogP contribution in [0.3, 0.4) is 0 Å². The van der Waals surface area contributed by atoms with Crippen molar-refractivity contribution in [3.63, 3.8) is 0 Å². The van der Waals surface area contributed by atoms with Crippen LogP contribution in [0.15, 0.2) is 41.8 Å². The van der Waals surface area contributed by atoms with Gasteiger partial charge in [-0.25, -0.2) is 4.98 Å². The summed E-state index contributed by atoms with van der Waals surface area (Å²) in [5.41, 5.74) is 3.16. The number of carbonyl (C=O) groups is 1. The van der Waals surface area contributed by atoms with E-state index in [2.05, 4.69) is 22.2 Å². The van der Waals surface area contributed by atoms with Gasteiger partial charge in [-0.3, -0.25) is 10.1 Å². The highest BCUT2D eigenvalue weighted by Crippen LogP contribution is 2.31. The number of carbonyl (C=O) groups excluding carboxylic acids is 1. The Hall–Kier alpha value is -2.02. The van der Waals surface area contributed by atoms with E-state index in [0.717, 1.165) is 41.2 Å². The largest absolute Gasteiger partial charge is 0.301 e. The van der Waals surface area contributed by atoms with E-state index in [9.17, 15) is 4.79 Å². The summed E-state index contributed by atoms with van der Waals surface area (Å²) in [6.45, 7) is 1.93. The normalized spacial score (nSPS) is 14.4. The highest BCUT2D eigenvalue weighted by atomic mass is 32.1. The molecular formula is C18H17N3OS2. The van der Waals surface area contributed by atoms with Gasteiger partial charge < -0.3 is 4.90 Å². The van der Waals surface area contributed by atoms with Crippen molar-refractivity contribution in [3.05, 3.63) is 57.2 Å². The fourth-order valence-electron chi connectivity index (χ4n) is 2.86. The molecule has 4 rings (SSSR count). The summed E-state index contributed by atoms with van der Waals surface area (Å²) in [5, 5.41) is 5.65. The molecule has 1 amide bonds. The molecule has 4 nitrogen and oxygen atoms in total. The zero-order valence-electron chi connectivity index (χ0n) is 13.3. The van der Waals surface area contributed by atoms with Gasteiger partial charge in [0.1, 0.15) is 4.88 Å². The third-order valence-corrected chi connectivity index (χ3v) is 6.01. The Morgan fingerprint density at radius 2 is 2.08 bits per heavy atom. The molecule has 1 aliphatic rings. The second kappa shape index (κ2) is 6.47. The topological polar surface area (TPSA) is 45.2 Å². The van der Waals surface area contributed by atoms with Crippen molar-refractivity contribution in [2.24, 2.45) is 0 Å². The van der Waals surface area contributed by atoms with Crippen LogP contribution in [0, 0.1) is 0 Å². The molecule has 3 heterocycles. The molecule has 0 spiro atoms. The Labute approximate surface area is 148 Å². The predicted molar refractivity (Wildman–Crippen MR) is 99.9 cm³/mol. The second-order valence-corrected chi connectivity index (χ2v) is 7.86. The van der Waals surface area contributed by atoms with Crippen LogP contribution in [-0.2, 0) is 13.0 Å². The van der Waals surface area contributed by atoms with E-state index >= 15 is 0 Å². The number of nitrogens with one attached hydrogen (secondary N) is 1. The van der Waals surface area contributed by atoms with Crippen LogP contribution in [0.1, 0.15) is 20.2 Å². The summed E-state index contributed by atoms with van der Waals surface area (Å²) in [7, 11) is 2.11. The van der Waals surface area contributed by atoms with Gasteiger partial charge in [-0.1, -0.05) is 30.3 Å². The maximum Gasteiger partial charge on any atom is 0.268 e. The van der Waals surface area contributed by atoms with Gasteiger partial charge in [-0.05, 0) is 24.1 Å². The smallest absolute Gasteiger partial charge is 0.268 e. The van der Waals surface area contributed by atoms with Crippen molar-refractivity contribution >= 4 is 33.7 Å². The Kier molecular flexibility index (Phi) is 4.18. The van der Waals surface area contributed by atoms with E-state index in [1.165, 1.54) is 16.2 Å². The zero-order valence-corrected chi connectivity index (χ0v) is 14.9. The lowest BCUT2D eigenvalue weighted by Gasteiger charge is -2.20. The molecule has 3 aromatic rings. The van der Waals surface area contributed by atoms with E-state index in [4.69, 9.17) is 0 Å². The number of likely N-dealkylation sites (N-methyl/N-ethyl adjacent to an activating group) is 1. The van der Waals surface area contributed by atoms with Crippen LogP contribution in [0.2, 0.25) is 0 Å². The van der Waals surface area contributed by atoms with Gasteiger partial charge in [0, 0.05) is 30.0 Å².